The van der Waals surface area contributed by atoms with Gasteiger partial charge in [0.2, 0.25) is 5.91 Å². The molecule has 1 aromatic heterocycles. The molecule has 0 spiro atoms. The molecule has 30 heavy (non-hydrogen) atoms. The summed E-state index contributed by atoms with van der Waals surface area (Å²) in [5, 5.41) is 11.2. The average molecular weight is 412 g/mol. The lowest BCUT2D eigenvalue weighted by Crippen LogP contribution is -2.57. The number of aromatic nitrogens is 1. The molecule has 0 radical (unpaired) electrons. The maximum Gasteiger partial charge on any atom is 0.290 e. The largest absolute Gasteiger partial charge is 0.483 e. The van der Waals surface area contributed by atoms with Crippen molar-refractivity contribution in [3.8, 4) is 0 Å². The molecule has 2 aromatic rings. The number of piperidine rings is 3. The predicted molar refractivity (Wildman–Crippen MR) is 112 cm³/mol. The van der Waals surface area contributed by atoms with Gasteiger partial charge in [0.15, 0.2) is 0 Å². The Kier molecular flexibility index (Phi) is 5.76. The van der Waals surface area contributed by atoms with Gasteiger partial charge in [-0.3, -0.25) is 14.4 Å². The third-order valence-corrected chi connectivity index (χ3v) is 6.66. The van der Waals surface area contributed by atoms with E-state index in [9.17, 15) is 9.59 Å². The summed E-state index contributed by atoms with van der Waals surface area (Å²) < 4.78 is 2.22. The lowest BCUT2D eigenvalue weighted by atomic mass is 9.84. The van der Waals surface area contributed by atoms with Gasteiger partial charge in [0.25, 0.3) is 12.4 Å². The molecule has 4 aliphatic heterocycles. The van der Waals surface area contributed by atoms with E-state index in [0.717, 1.165) is 48.3 Å². The first kappa shape index (κ1) is 20.4. The average Bonchev–Trinajstić information content (AvgIpc) is 3.09. The minimum Gasteiger partial charge on any atom is -0.483 e. The number of hydrogen-bond donors (Lipinski definition) is 2. The van der Waals surface area contributed by atoms with Crippen LogP contribution >= 0.6 is 0 Å². The fourth-order valence-corrected chi connectivity index (χ4v) is 5.15. The van der Waals surface area contributed by atoms with Gasteiger partial charge in [-0.2, -0.15) is 0 Å². The molecule has 8 nitrogen and oxygen atoms in total. The number of nitrogens with one attached hydrogen (secondary N) is 1. The summed E-state index contributed by atoms with van der Waals surface area (Å²) in [5.74, 6) is 0.678. The van der Waals surface area contributed by atoms with Crippen molar-refractivity contribution in [2.45, 2.75) is 38.9 Å². The highest BCUT2D eigenvalue weighted by atomic mass is 16.3. The molecule has 160 valence electrons. The first-order valence-electron chi connectivity index (χ1n) is 10.5. The van der Waals surface area contributed by atoms with Crippen molar-refractivity contribution in [1.82, 2.24) is 19.7 Å². The van der Waals surface area contributed by atoms with Crippen molar-refractivity contribution in [3.05, 3.63) is 35.5 Å². The van der Waals surface area contributed by atoms with Crippen LogP contribution in [0.3, 0.4) is 0 Å². The number of nitrogens with zero attached hydrogens (tertiary/aromatic N) is 3. The topological polar surface area (TPSA) is 94.9 Å². The third-order valence-electron chi connectivity index (χ3n) is 6.66. The zero-order chi connectivity index (χ0) is 21.3. The summed E-state index contributed by atoms with van der Waals surface area (Å²) in [6, 6.07) is 8.35. The van der Waals surface area contributed by atoms with Crippen molar-refractivity contribution in [2.75, 3.05) is 26.2 Å². The Morgan fingerprint density at radius 2 is 1.83 bits per heavy atom. The van der Waals surface area contributed by atoms with Crippen LogP contribution in [-0.2, 0) is 22.7 Å². The van der Waals surface area contributed by atoms with Crippen molar-refractivity contribution in [2.24, 2.45) is 5.92 Å². The Hall–Kier alpha value is -2.87. The Morgan fingerprint density at radius 3 is 2.47 bits per heavy atom. The molecule has 2 bridgehead atoms. The minimum atomic E-state index is -0.250. The van der Waals surface area contributed by atoms with Crippen LogP contribution in [0.25, 0.3) is 10.9 Å². The summed E-state index contributed by atoms with van der Waals surface area (Å²) in [5.41, 5.74) is 2.82. The molecule has 6 rings (SSSR count). The first-order valence-corrected chi connectivity index (χ1v) is 10.5. The number of carbonyl (C=O) groups excluding carboxylic acids is 2. The molecule has 2 N–H and O–H groups in total. The quantitative estimate of drug-likeness (QED) is 0.730. The van der Waals surface area contributed by atoms with E-state index in [1.165, 1.54) is 12.8 Å². The van der Waals surface area contributed by atoms with Crippen molar-refractivity contribution in [1.29, 1.82) is 0 Å². The van der Waals surface area contributed by atoms with E-state index in [-0.39, 0.29) is 24.3 Å². The molecule has 0 unspecified atom stereocenters. The minimum absolute atomic E-state index is 0.0177. The summed E-state index contributed by atoms with van der Waals surface area (Å²) in [7, 11) is 0. The molecule has 5 heterocycles. The smallest absolute Gasteiger partial charge is 0.290 e. The van der Waals surface area contributed by atoms with Gasteiger partial charge in [0.05, 0.1) is 17.8 Å². The Morgan fingerprint density at radius 1 is 1.13 bits per heavy atom. The summed E-state index contributed by atoms with van der Waals surface area (Å²) >= 11 is 0. The molecular weight excluding hydrogens is 384 g/mol. The van der Waals surface area contributed by atoms with Crippen LogP contribution in [0.2, 0.25) is 0 Å². The Balaban J connectivity index is 0.000000687. The lowest BCUT2D eigenvalue weighted by molar-refractivity contribution is -0.130. The van der Waals surface area contributed by atoms with Crippen LogP contribution in [0, 0.1) is 5.92 Å². The van der Waals surface area contributed by atoms with Gasteiger partial charge in [-0.1, -0.05) is 18.2 Å². The van der Waals surface area contributed by atoms with E-state index in [1.807, 2.05) is 23.1 Å². The lowest BCUT2D eigenvalue weighted by Gasteiger charge is -2.45. The number of carbonyl (C=O) groups is 3. The maximum absolute atomic E-state index is 13.4. The molecule has 1 aromatic carbocycles. The van der Waals surface area contributed by atoms with Crippen LogP contribution in [0.5, 0.6) is 0 Å². The van der Waals surface area contributed by atoms with E-state index < -0.39 is 0 Å². The van der Waals surface area contributed by atoms with Gasteiger partial charge >= 0.3 is 0 Å². The highest BCUT2D eigenvalue weighted by Crippen LogP contribution is 2.32. The van der Waals surface area contributed by atoms with Crippen LogP contribution in [-0.4, -0.2) is 70.0 Å². The standard InChI is InChI=1S/C21H26N4O2.CH2O2/c1-14(26)24-10-11-25-18-5-3-2-4-16(18)20(19(25)13-24)21(27)22-17-12-23-8-6-15(17)7-9-23;2-1-3/h2-5,15,17H,6-13H2,1H3,(H,22,27);1H,(H,2,3)/t17-;/m0./s1. The molecular formula is C22H28N4O4. The number of carboxylic acid groups (broad SMARTS) is 1. The number of para-hydroxylation sites is 1. The second kappa shape index (κ2) is 8.47. The molecule has 0 aliphatic carbocycles. The zero-order valence-electron chi connectivity index (χ0n) is 17.2. The van der Waals surface area contributed by atoms with Crippen LogP contribution < -0.4 is 5.32 Å². The normalized spacial score (nSPS) is 24.6. The van der Waals surface area contributed by atoms with Gasteiger partial charge in [0, 0.05) is 43.5 Å². The first-order chi connectivity index (χ1) is 14.5. The van der Waals surface area contributed by atoms with Crippen molar-refractivity contribution >= 4 is 29.2 Å². The number of rotatable bonds is 2. The van der Waals surface area contributed by atoms with Gasteiger partial charge < -0.3 is 24.8 Å². The van der Waals surface area contributed by atoms with E-state index in [2.05, 4.69) is 20.9 Å². The number of hydrogen-bond acceptors (Lipinski definition) is 4. The maximum atomic E-state index is 13.4. The molecule has 3 saturated heterocycles. The summed E-state index contributed by atoms with van der Waals surface area (Å²) in [6.45, 7) is 6.58. The molecule has 1 atom stereocenters. The van der Waals surface area contributed by atoms with E-state index in [4.69, 9.17) is 9.90 Å². The Labute approximate surface area is 175 Å². The number of amides is 2. The monoisotopic (exact) mass is 412 g/mol. The second-order valence-corrected chi connectivity index (χ2v) is 8.25. The zero-order valence-corrected chi connectivity index (χ0v) is 17.2. The number of fused-ring (bicyclic) bond motifs is 6. The summed E-state index contributed by atoms with van der Waals surface area (Å²) in [4.78, 5) is 37.9. The highest BCUT2D eigenvalue weighted by molar-refractivity contribution is 6.08. The van der Waals surface area contributed by atoms with E-state index >= 15 is 0 Å². The van der Waals surface area contributed by atoms with Gasteiger partial charge in [-0.15, -0.1) is 0 Å². The summed E-state index contributed by atoms with van der Waals surface area (Å²) in [6.07, 6.45) is 2.36. The van der Waals surface area contributed by atoms with Crippen LogP contribution in [0.15, 0.2) is 24.3 Å². The molecule has 3 fully saturated rings. The van der Waals surface area contributed by atoms with Gasteiger partial charge in [-0.25, -0.2) is 0 Å². The van der Waals surface area contributed by atoms with E-state index in [0.29, 0.717) is 19.0 Å². The fraction of sp³-hybridized carbons (Fsp3) is 0.500. The van der Waals surface area contributed by atoms with Crippen LogP contribution in [0.1, 0.15) is 35.8 Å². The van der Waals surface area contributed by atoms with Crippen LogP contribution in [0.4, 0.5) is 0 Å². The second-order valence-electron chi connectivity index (χ2n) is 8.25. The molecule has 8 heteroatoms. The highest BCUT2D eigenvalue weighted by Gasteiger charge is 2.36. The molecule has 0 saturated carbocycles. The molecule has 4 aliphatic rings. The van der Waals surface area contributed by atoms with Gasteiger partial charge in [-0.05, 0) is 37.9 Å². The molecule has 2 amide bonds. The van der Waals surface area contributed by atoms with Gasteiger partial charge in [0.1, 0.15) is 0 Å². The van der Waals surface area contributed by atoms with E-state index in [1.54, 1.807) is 6.92 Å². The fourth-order valence-electron chi connectivity index (χ4n) is 5.15. The van der Waals surface area contributed by atoms with Crippen molar-refractivity contribution < 1.29 is 19.5 Å². The number of benzene rings is 1. The third kappa shape index (κ3) is 3.67. The SMILES string of the molecule is CC(=O)N1CCn2c(c(C(=O)N[C@H]3CN4CCC3CC4)c3ccccc32)C1.O=CO. The van der Waals surface area contributed by atoms with Crippen molar-refractivity contribution in [3.63, 3.8) is 0 Å². The Bertz CT molecular complexity index is 961. The predicted octanol–water partition coefficient (Wildman–Crippen LogP) is 1.53.